The Kier molecular flexibility index (Phi) is 7.81. The lowest BCUT2D eigenvalue weighted by atomic mass is 10.2. The van der Waals surface area contributed by atoms with Gasteiger partial charge in [-0.1, -0.05) is 12.1 Å². The van der Waals surface area contributed by atoms with Gasteiger partial charge in [-0.05, 0) is 51.8 Å². The van der Waals surface area contributed by atoms with E-state index in [2.05, 4.69) is 31.8 Å². The van der Waals surface area contributed by atoms with Crippen molar-refractivity contribution in [3.63, 3.8) is 0 Å². The summed E-state index contributed by atoms with van der Waals surface area (Å²) >= 11 is 3.38. The number of anilines is 1. The van der Waals surface area contributed by atoms with Crippen molar-refractivity contribution < 1.29 is 19.1 Å². The third-order valence-electron chi connectivity index (χ3n) is 3.54. The van der Waals surface area contributed by atoms with Gasteiger partial charge in [-0.3, -0.25) is 9.59 Å². The maximum Gasteiger partial charge on any atom is 0.240 e. The van der Waals surface area contributed by atoms with Crippen LogP contribution in [-0.4, -0.2) is 32.2 Å². The van der Waals surface area contributed by atoms with Gasteiger partial charge in [0, 0.05) is 12.8 Å². The number of amides is 2. The molecule has 0 radical (unpaired) electrons. The minimum atomic E-state index is -0.353. The van der Waals surface area contributed by atoms with Gasteiger partial charge < -0.3 is 14.8 Å². The summed E-state index contributed by atoms with van der Waals surface area (Å²) in [6, 6.07) is 12.5. The highest BCUT2D eigenvalue weighted by Gasteiger charge is 2.09. The van der Waals surface area contributed by atoms with E-state index in [9.17, 15) is 9.59 Å². The molecule has 0 heterocycles. The predicted octanol–water partition coefficient (Wildman–Crippen LogP) is 3.34. The first-order valence-electron chi connectivity index (χ1n) is 8.11. The highest BCUT2D eigenvalue weighted by atomic mass is 79.9. The summed E-state index contributed by atoms with van der Waals surface area (Å²) in [5.74, 6) is 0.634. The van der Waals surface area contributed by atoms with E-state index in [0.29, 0.717) is 17.2 Å². The highest BCUT2D eigenvalue weighted by Crippen LogP contribution is 2.25. The van der Waals surface area contributed by atoms with Gasteiger partial charge in [0.2, 0.25) is 11.8 Å². The number of ether oxygens (including phenoxy) is 2. The number of para-hydroxylation sites is 2. The van der Waals surface area contributed by atoms with E-state index in [-0.39, 0.29) is 24.7 Å². The number of hydrazone groups is 1. The average Bonchev–Trinajstić information content (AvgIpc) is 2.67. The number of hydrogen-bond donors (Lipinski definition) is 2. The first-order chi connectivity index (χ1) is 13.0. The SMILES string of the molecule is COc1ccc(C=NNC(=O)CCC(=O)Nc2ccccc2OC)cc1Br. The molecule has 0 unspecified atom stereocenters. The molecule has 2 rings (SSSR count). The van der Waals surface area contributed by atoms with E-state index in [4.69, 9.17) is 9.47 Å². The van der Waals surface area contributed by atoms with Crippen LogP contribution in [0, 0.1) is 0 Å². The molecule has 0 atom stereocenters. The summed E-state index contributed by atoms with van der Waals surface area (Å²) in [6.07, 6.45) is 1.56. The van der Waals surface area contributed by atoms with Gasteiger partial charge in [-0.25, -0.2) is 5.43 Å². The monoisotopic (exact) mass is 433 g/mol. The summed E-state index contributed by atoms with van der Waals surface area (Å²) in [5, 5.41) is 6.61. The van der Waals surface area contributed by atoms with Gasteiger partial charge in [0.05, 0.1) is 30.6 Å². The minimum Gasteiger partial charge on any atom is -0.496 e. The lowest BCUT2D eigenvalue weighted by molar-refractivity contribution is -0.124. The lowest BCUT2D eigenvalue weighted by Gasteiger charge is -2.09. The zero-order valence-corrected chi connectivity index (χ0v) is 16.6. The first-order valence-corrected chi connectivity index (χ1v) is 8.91. The fraction of sp³-hybridized carbons (Fsp3) is 0.211. The summed E-state index contributed by atoms with van der Waals surface area (Å²) in [5.41, 5.74) is 3.75. The molecule has 0 aliphatic rings. The molecule has 0 aromatic heterocycles. The molecular formula is C19H20BrN3O4. The third kappa shape index (κ3) is 6.41. The zero-order chi connectivity index (χ0) is 19.6. The van der Waals surface area contributed by atoms with Crippen LogP contribution in [0.1, 0.15) is 18.4 Å². The molecule has 2 amide bonds. The van der Waals surface area contributed by atoms with Crippen LogP contribution in [0.5, 0.6) is 11.5 Å². The Hall–Kier alpha value is -2.87. The van der Waals surface area contributed by atoms with Crippen molar-refractivity contribution in [2.45, 2.75) is 12.8 Å². The lowest BCUT2D eigenvalue weighted by Crippen LogP contribution is -2.20. The summed E-state index contributed by atoms with van der Waals surface area (Å²) in [7, 11) is 3.11. The molecule has 7 nitrogen and oxygen atoms in total. The Morgan fingerprint density at radius 2 is 1.74 bits per heavy atom. The average molecular weight is 434 g/mol. The first kappa shape index (κ1) is 20.4. The Bertz CT molecular complexity index is 839. The molecule has 0 saturated carbocycles. The van der Waals surface area contributed by atoms with Gasteiger partial charge in [0.1, 0.15) is 11.5 Å². The number of nitrogens with zero attached hydrogens (tertiary/aromatic N) is 1. The Morgan fingerprint density at radius 3 is 2.44 bits per heavy atom. The second-order valence-electron chi connectivity index (χ2n) is 5.44. The molecule has 0 aliphatic heterocycles. The molecule has 0 spiro atoms. The van der Waals surface area contributed by atoms with Gasteiger partial charge in [0.25, 0.3) is 0 Å². The van der Waals surface area contributed by atoms with Crippen LogP contribution in [0.3, 0.4) is 0 Å². The number of nitrogens with one attached hydrogen (secondary N) is 2. The van der Waals surface area contributed by atoms with Crippen LogP contribution in [-0.2, 0) is 9.59 Å². The number of rotatable bonds is 8. The Balaban J connectivity index is 1.78. The van der Waals surface area contributed by atoms with Crippen molar-refractivity contribution >= 4 is 39.6 Å². The minimum absolute atomic E-state index is 0.0185. The van der Waals surface area contributed by atoms with Crippen LogP contribution in [0.2, 0.25) is 0 Å². The second kappa shape index (κ2) is 10.3. The van der Waals surface area contributed by atoms with Crippen molar-refractivity contribution in [2.24, 2.45) is 5.10 Å². The second-order valence-corrected chi connectivity index (χ2v) is 6.29. The molecule has 0 fully saturated rings. The molecule has 8 heteroatoms. The molecule has 0 bridgehead atoms. The van der Waals surface area contributed by atoms with Crippen LogP contribution in [0.15, 0.2) is 52.0 Å². The normalized spacial score (nSPS) is 10.5. The van der Waals surface area contributed by atoms with E-state index in [1.807, 2.05) is 6.07 Å². The highest BCUT2D eigenvalue weighted by molar-refractivity contribution is 9.10. The quantitative estimate of drug-likeness (QED) is 0.493. The standard InChI is InChI=1S/C19H20BrN3O4/c1-26-16-8-7-13(11-14(16)20)12-21-23-19(25)10-9-18(24)22-15-5-3-4-6-17(15)27-2/h3-8,11-12H,9-10H2,1-2H3,(H,22,24)(H,23,25). The molecular weight excluding hydrogens is 414 g/mol. The molecule has 2 aromatic rings. The number of carbonyl (C=O) groups is 2. The largest absolute Gasteiger partial charge is 0.496 e. The summed E-state index contributed by atoms with van der Waals surface area (Å²) in [6.45, 7) is 0. The third-order valence-corrected chi connectivity index (χ3v) is 4.16. The summed E-state index contributed by atoms with van der Waals surface area (Å²) in [4.78, 5) is 23.8. The van der Waals surface area contributed by atoms with Gasteiger partial charge >= 0.3 is 0 Å². The van der Waals surface area contributed by atoms with Crippen LogP contribution >= 0.6 is 15.9 Å². The van der Waals surface area contributed by atoms with Crippen molar-refractivity contribution in [3.05, 3.63) is 52.5 Å². The molecule has 2 N–H and O–H groups in total. The van der Waals surface area contributed by atoms with E-state index in [1.54, 1.807) is 43.5 Å². The fourth-order valence-electron chi connectivity index (χ4n) is 2.19. The smallest absolute Gasteiger partial charge is 0.240 e. The van der Waals surface area contributed by atoms with Crippen LogP contribution in [0.4, 0.5) is 5.69 Å². The van der Waals surface area contributed by atoms with Crippen LogP contribution < -0.4 is 20.2 Å². The van der Waals surface area contributed by atoms with Gasteiger partial charge in [-0.15, -0.1) is 0 Å². The molecule has 27 heavy (non-hydrogen) atoms. The van der Waals surface area contributed by atoms with Crippen molar-refractivity contribution in [1.29, 1.82) is 0 Å². The maximum absolute atomic E-state index is 12.0. The molecule has 142 valence electrons. The van der Waals surface area contributed by atoms with Crippen molar-refractivity contribution in [2.75, 3.05) is 19.5 Å². The van der Waals surface area contributed by atoms with E-state index < -0.39 is 0 Å². The van der Waals surface area contributed by atoms with E-state index in [0.717, 1.165) is 10.0 Å². The van der Waals surface area contributed by atoms with E-state index in [1.165, 1.54) is 13.3 Å². The predicted molar refractivity (Wildman–Crippen MR) is 107 cm³/mol. The van der Waals surface area contributed by atoms with Crippen molar-refractivity contribution in [1.82, 2.24) is 5.43 Å². The zero-order valence-electron chi connectivity index (χ0n) is 15.0. The number of methoxy groups -OCH3 is 2. The molecule has 0 aliphatic carbocycles. The van der Waals surface area contributed by atoms with E-state index >= 15 is 0 Å². The molecule has 0 saturated heterocycles. The number of benzene rings is 2. The summed E-state index contributed by atoms with van der Waals surface area (Å²) < 4.78 is 11.1. The Labute approximate surface area is 165 Å². The van der Waals surface area contributed by atoms with Gasteiger partial charge in [-0.2, -0.15) is 5.10 Å². The Morgan fingerprint density at radius 1 is 1.04 bits per heavy atom. The van der Waals surface area contributed by atoms with Crippen LogP contribution in [0.25, 0.3) is 0 Å². The fourth-order valence-corrected chi connectivity index (χ4v) is 2.74. The number of hydrogen-bond acceptors (Lipinski definition) is 5. The topological polar surface area (TPSA) is 89.0 Å². The number of halogens is 1. The maximum atomic E-state index is 12.0. The van der Waals surface area contributed by atoms with Crippen molar-refractivity contribution in [3.8, 4) is 11.5 Å². The van der Waals surface area contributed by atoms with Gasteiger partial charge in [0.15, 0.2) is 0 Å². The number of carbonyl (C=O) groups excluding carboxylic acids is 2. The molecule has 2 aromatic carbocycles.